The summed E-state index contributed by atoms with van der Waals surface area (Å²) in [5, 5.41) is 21.2. The third-order valence-electron chi connectivity index (χ3n) is 1.94. The van der Waals surface area contributed by atoms with E-state index in [1.807, 2.05) is 6.92 Å². The standard InChI is InChI=1S/C9H8O2S/c1-5-7(10)3-2-6-8(11)4-12-9(5)6/h2-4,10-11H,1H3. The minimum absolute atomic E-state index is 0.282. The fraction of sp³-hybridized carbons (Fsp3) is 0.111. The zero-order valence-electron chi connectivity index (χ0n) is 6.53. The van der Waals surface area contributed by atoms with Crippen molar-refractivity contribution in [1.29, 1.82) is 0 Å². The van der Waals surface area contributed by atoms with E-state index in [1.165, 1.54) is 11.3 Å². The number of phenolic OH excluding ortho intramolecular Hbond substituents is 1. The average molecular weight is 180 g/mol. The highest BCUT2D eigenvalue weighted by molar-refractivity contribution is 7.17. The van der Waals surface area contributed by atoms with Gasteiger partial charge in [0.25, 0.3) is 0 Å². The SMILES string of the molecule is Cc1c(O)ccc2c(O)csc12. The van der Waals surface area contributed by atoms with E-state index < -0.39 is 0 Å². The molecule has 0 amide bonds. The monoisotopic (exact) mass is 180 g/mol. The van der Waals surface area contributed by atoms with Crippen LogP contribution in [0.4, 0.5) is 0 Å². The van der Waals surface area contributed by atoms with Crippen LogP contribution in [0.25, 0.3) is 10.1 Å². The first-order chi connectivity index (χ1) is 5.70. The third-order valence-corrected chi connectivity index (χ3v) is 3.04. The summed E-state index contributed by atoms with van der Waals surface area (Å²) in [7, 11) is 0. The van der Waals surface area contributed by atoms with E-state index in [9.17, 15) is 10.2 Å². The minimum atomic E-state index is 0.282. The molecule has 2 N–H and O–H groups in total. The summed E-state index contributed by atoms with van der Waals surface area (Å²) in [4.78, 5) is 0. The maximum atomic E-state index is 9.36. The molecule has 0 aliphatic rings. The van der Waals surface area contributed by atoms with Crippen molar-refractivity contribution in [2.75, 3.05) is 0 Å². The van der Waals surface area contributed by atoms with E-state index in [4.69, 9.17) is 0 Å². The second-order valence-electron chi connectivity index (χ2n) is 2.71. The molecule has 0 saturated heterocycles. The molecule has 1 aromatic carbocycles. The van der Waals surface area contributed by atoms with Crippen molar-refractivity contribution in [2.45, 2.75) is 6.92 Å². The lowest BCUT2D eigenvalue weighted by atomic mass is 10.1. The summed E-state index contributed by atoms with van der Waals surface area (Å²) in [6, 6.07) is 3.33. The number of aryl methyl sites for hydroxylation is 1. The van der Waals surface area contributed by atoms with E-state index in [-0.39, 0.29) is 11.5 Å². The van der Waals surface area contributed by atoms with Gasteiger partial charge in [-0.15, -0.1) is 11.3 Å². The predicted octanol–water partition coefficient (Wildman–Crippen LogP) is 2.62. The van der Waals surface area contributed by atoms with Crippen LogP contribution >= 0.6 is 11.3 Å². The molecule has 0 radical (unpaired) electrons. The lowest BCUT2D eigenvalue weighted by molar-refractivity contribution is 0.472. The highest BCUT2D eigenvalue weighted by Gasteiger charge is 2.06. The van der Waals surface area contributed by atoms with Gasteiger partial charge >= 0.3 is 0 Å². The maximum Gasteiger partial charge on any atom is 0.134 e. The van der Waals surface area contributed by atoms with Gasteiger partial charge in [0, 0.05) is 21.0 Å². The summed E-state index contributed by atoms with van der Waals surface area (Å²) < 4.78 is 0.951. The molecule has 62 valence electrons. The molecule has 12 heavy (non-hydrogen) atoms. The molecule has 0 aliphatic carbocycles. The first-order valence-electron chi connectivity index (χ1n) is 3.59. The van der Waals surface area contributed by atoms with Gasteiger partial charge in [-0.2, -0.15) is 0 Å². The number of hydrogen-bond donors (Lipinski definition) is 2. The topological polar surface area (TPSA) is 40.5 Å². The molecule has 0 bridgehead atoms. The lowest BCUT2D eigenvalue weighted by Gasteiger charge is -1.98. The molecule has 1 aromatic heterocycles. The maximum absolute atomic E-state index is 9.36. The van der Waals surface area contributed by atoms with Crippen molar-refractivity contribution >= 4 is 21.4 Å². The number of aromatic hydroxyl groups is 2. The van der Waals surface area contributed by atoms with Gasteiger partial charge < -0.3 is 10.2 Å². The van der Waals surface area contributed by atoms with Gasteiger partial charge in [-0.1, -0.05) is 0 Å². The zero-order chi connectivity index (χ0) is 8.72. The van der Waals surface area contributed by atoms with Gasteiger partial charge in [0.1, 0.15) is 11.5 Å². The van der Waals surface area contributed by atoms with Crippen molar-refractivity contribution in [1.82, 2.24) is 0 Å². The molecule has 0 fully saturated rings. The second-order valence-corrected chi connectivity index (χ2v) is 3.59. The predicted molar refractivity (Wildman–Crippen MR) is 49.9 cm³/mol. The largest absolute Gasteiger partial charge is 0.508 e. The number of hydrogen-bond acceptors (Lipinski definition) is 3. The van der Waals surface area contributed by atoms with Gasteiger partial charge in [0.15, 0.2) is 0 Å². The van der Waals surface area contributed by atoms with Crippen LogP contribution in [-0.2, 0) is 0 Å². The number of phenols is 1. The fourth-order valence-electron chi connectivity index (χ4n) is 1.21. The smallest absolute Gasteiger partial charge is 0.134 e. The Balaban J connectivity index is 2.93. The van der Waals surface area contributed by atoms with Crippen LogP contribution in [0.3, 0.4) is 0 Å². The number of benzene rings is 1. The van der Waals surface area contributed by atoms with Crippen molar-refractivity contribution in [2.24, 2.45) is 0 Å². The lowest BCUT2D eigenvalue weighted by Crippen LogP contribution is -1.73. The number of thiophene rings is 1. The van der Waals surface area contributed by atoms with Crippen LogP contribution in [0, 0.1) is 6.92 Å². The Morgan fingerprint density at radius 2 is 1.92 bits per heavy atom. The molecule has 1 heterocycles. The molecule has 0 unspecified atom stereocenters. The molecule has 0 spiro atoms. The van der Waals surface area contributed by atoms with E-state index in [0.29, 0.717) is 0 Å². The molecule has 0 aliphatic heterocycles. The van der Waals surface area contributed by atoms with Crippen LogP contribution in [0.1, 0.15) is 5.56 Å². The second kappa shape index (κ2) is 2.38. The van der Waals surface area contributed by atoms with Crippen LogP contribution in [-0.4, -0.2) is 10.2 Å². The van der Waals surface area contributed by atoms with E-state index in [0.717, 1.165) is 15.6 Å². The first kappa shape index (κ1) is 7.43. The molecule has 0 atom stereocenters. The van der Waals surface area contributed by atoms with Gasteiger partial charge in [0.05, 0.1) is 0 Å². The van der Waals surface area contributed by atoms with Crippen LogP contribution < -0.4 is 0 Å². The van der Waals surface area contributed by atoms with Gasteiger partial charge in [-0.25, -0.2) is 0 Å². The third kappa shape index (κ3) is 0.865. The van der Waals surface area contributed by atoms with Crippen LogP contribution in [0.5, 0.6) is 11.5 Å². The molecule has 2 aromatic rings. The Morgan fingerprint density at radius 3 is 2.67 bits per heavy atom. The van der Waals surface area contributed by atoms with Crippen molar-refractivity contribution < 1.29 is 10.2 Å². The highest BCUT2D eigenvalue weighted by Crippen LogP contribution is 2.36. The van der Waals surface area contributed by atoms with Crippen molar-refractivity contribution in [3.05, 3.63) is 23.1 Å². The Bertz CT molecular complexity index is 431. The molecular weight excluding hydrogens is 172 g/mol. The molecule has 2 rings (SSSR count). The molecular formula is C9H8O2S. The fourth-order valence-corrected chi connectivity index (χ4v) is 2.15. The van der Waals surface area contributed by atoms with E-state index >= 15 is 0 Å². The van der Waals surface area contributed by atoms with Gasteiger partial charge in [-0.05, 0) is 19.1 Å². The molecule has 3 heteroatoms. The van der Waals surface area contributed by atoms with Crippen molar-refractivity contribution in [3.63, 3.8) is 0 Å². The number of rotatable bonds is 0. The normalized spacial score (nSPS) is 10.8. The van der Waals surface area contributed by atoms with E-state index in [1.54, 1.807) is 17.5 Å². The first-order valence-corrected chi connectivity index (χ1v) is 4.47. The van der Waals surface area contributed by atoms with Crippen LogP contribution in [0.15, 0.2) is 17.5 Å². The minimum Gasteiger partial charge on any atom is -0.508 e. The summed E-state index contributed by atoms with van der Waals surface area (Å²) >= 11 is 1.44. The van der Waals surface area contributed by atoms with E-state index in [2.05, 4.69) is 0 Å². The molecule has 2 nitrogen and oxygen atoms in total. The zero-order valence-corrected chi connectivity index (χ0v) is 7.35. The Hall–Kier alpha value is -1.22. The average Bonchev–Trinajstić information content (AvgIpc) is 2.41. The van der Waals surface area contributed by atoms with Gasteiger partial charge in [-0.3, -0.25) is 0 Å². The van der Waals surface area contributed by atoms with Crippen molar-refractivity contribution in [3.8, 4) is 11.5 Å². The summed E-state index contributed by atoms with van der Waals surface area (Å²) in [6.45, 7) is 1.84. The summed E-state index contributed by atoms with van der Waals surface area (Å²) in [6.07, 6.45) is 0. The Labute approximate surface area is 73.7 Å². The molecule has 0 saturated carbocycles. The Morgan fingerprint density at radius 1 is 1.17 bits per heavy atom. The van der Waals surface area contributed by atoms with Gasteiger partial charge in [0.2, 0.25) is 0 Å². The quantitative estimate of drug-likeness (QED) is 0.654. The van der Waals surface area contributed by atoms with Crippen LogP contribution in [0.2, 0.25) is 0 Å². The summed E-state index contributed by atoms with van der Waals surface area (Å²) in [5.74, 6) is 0.572. The number of fused-ring (bicyclic) bond motifs is 1. The highest BCUT2D eigenvalue weighted by atomic mass is 32.1. The summed E-state index contributed by atoms with van der Waals surface area (Å²) in [5.41, 5.74) is 0.831. The Kier molecular flexibility index (Phi) is 1.48.